The van der Waals surface area contributed by atoms with Gasteiger partial charge in [0, 0.05) is 12.1 Å². The number of fused-ring (bicyclic) bond motifs is 1. The first-order valence-electron chi connectivity index (χ1n) is 6.23. The number of aromatic amines is 1. The predicted octanol–water partition coefficient (Wildman–Crippen LogP) is 2.30. The summed E-state index contributed by atoms with van der Waals surface area (Å²) >= 11 is 0. The summed E-state index contributed by atoms with van der Waals surface area (Å²) in [6, 6.07) is 3.45. The number of carbonyl (C=O) groups excluding carboxylic acids is 1. The Labute approximate surface area is 111 Å². The number of imidazole rings is 1. The fourth-order valence-corrected chi connectivity index (χ4v) is 2.06. The smallest absolute Gasteiger partial charge is 0.333 e. The van der Waals surface area contributed by atoms with Gasteiger partial charge in [-0.15, -0.1) is 0 Å². The predicted molar refractivity (Wildman–Crippen MR) is 76.4 cm³/mol. The van der Waals surface area contributed by atoms with Gasteiger partial charge in [-0.3, -0.25) is 4.79 Å². The number of nitrogens with zero attached hydrogens (tertiary/aromatic N) is 1. The van der Waals surface area contributed by atoms with Crippen LogP contribution in [0.1, 0.15) is 37.6 Å². The minimum atomic E-state index is -0.408. The van der Waals surface area contributed by atoms with Gasteiger partial charge >= 0.3 is 5.69 Å². The summed E-state index contributed by atoms with van der Waals surface area (Å²) in [6.07, 6.45) is 0.299. The zero-order valence-corrected chi connectivity index (χ0v) is 11.7. The number of nitrogen functional groups attached to an aromatic ring is 1. The van der Waals surface area contributed by atoms with Gasteiger partial charge < -0.3 is 10.7 Å². The maximum Gasteiger partial charge on any atom is 0.333 e. The highest BCUT2D eigenvalue weighted by molar-refractivity contribution is 5.92. The van der Waals surface area contributed by atoms with Crippen molar-refractivity contribution in [1.82, 2.24) is 9.55 Å². The van der Waals surface area contributed by atoms with Crippen molar-refractivity contribution in [1.29, 1.82) is 0 Å². The third-order valence-corrected chi connectivity index (χ3v) is 3.00. The van der Waals surface area contributed by atoms with Gasteiger partial charge in [0.2, 0.25) is 5.91 Å². The molecule has 102 valence electrons. The molecular weight excluding hydrogens is 242 g/mol. The maximum absolute atomic E-state index is 12.3. The van der Waals surface area contributed by atoms with Gasteiger partial charge in [-0.05, 0) is 30.0 Å². The van der Waals surface area contributed by atoms with Crippen molar-refractivity contribution in [3.63, 3.8) is 0 Å². The van der Waals surface area contributed by atoms with E-state index in [2.05, 4.69) is 4.98 Å². The second-order valence-corrected chi connectivity index (χ2v) is 6.12. The number of nitrogens with one attached hydrogen (secondary N) is 1. The number of rotatable bonds is 1. The lowest BCUT2D eigenvalue weighted by Gasteiger charge is -2.16. The molecule has 0 saturated carbocycles. The Kier molecular flexibility index (Phi) is 3.00. The van der Waals surface area contributed by atoms with Crippen molar-refractivity contribution in [2.75, 3.05) is 5.73 Å². The highest BCUT2D eigenvalue weighted by Gasteiger charge is 2.21. The number of carbonyl (C=O) groups is 1. The molecule has 0 bridgehead atoms. The summed E-state index contributed by atoms with van der Waals surface area (Å²) in [6.45, 7) is 7.75. The van der Waals surface area contributed by atoms with Crippen LogP contribution in [-0.2, 0) is 0 Å². The first kappa shape index (κ1) is 13.4. The number of nitrogens with two attached hydrogens (primary N) is 1. The Bertz CT molecular complexity index is 702. The second kappa shape index (κ2) is 4.26. The van der Waals surface area contributed by atoms with E-state index in [1.165, 1.54) is 4.57 Å². The zero-order chi connectivity index (χ0) is 14.4. The Hall–Kier alpha value is -2.04. The van der Waals surface area contributed by atoms with Gasteiger partial charge in [0.15, 0.2) is 0 Å². The van der Waals surface area contributed by atoms with Crippen molar-refractivity contribution in [3.05, 3.63) is 28.2 Å². The first-order valence-corrected chi connectivity index (χ1v) is 6.23. The van der Waals surface area contributed by atoms with Gasteiger partial charge in [0.25, 0.3) is 0 Å². The van der Waals surface area contributed by atoms with Crippen LogP contribution >= 0.6 is 0 Å². The van der Waals surface area contributed by atoms with E-state index < -0.39 is 5.69 Å². The minimum Gasteiger partial charge on any atom is -0.398 e. The van der Waals surface area contributed by atoms with Crippen molar-refractivity contribution < 1.29 is 4.79 Å². The average Bonchev–Trinajstić information content (AvgIpc) is 2.52. The van der Waals surface area contributed by atoms with Crippen LogP contribution < -0.4 is 11.4 Å². The van der Waals surface area contributed by atoms with Crippen LogP contribution in [0.3, 0.4) is 0 Å². The highest BCUT2D eigenvalue weighted by Crippen LogP contribution is 2.22. The normalized spacial score (nSPS) is 12.0. The summed E-state index contributed by atoms with van der Waals surface area (Å²) in [5.41, 5.74) is 7.91. The first-order chi connectivity index (χ1) is 8.69. The topological polar surface area (TPSA) is 80.9 Å². The van der Waals surface area contributed by atoms with Crippen LogP contribution in [0.15, 0.2) is 16.9 Å². The molecular formula is C14H19N3O2. The second-order valence-electron chi connectivity index (χ2n) is 6.12. The number of H-pyrrole nitrogens is 1. The molecule has 1 aromatic carbocycles. The van der Waals surface area contributed by atoms with E-state index in [4.69, 9.17) is 5.73 Å². The number of aryl methyl sites for hydroxylation is 1. The summed E-state index contributed by atoms with van der Waals surface area (Å²) < 4.78 is 1.18. The van der Waals surface area contributed by atoms with Crippen LogP contribution in [0.5, 0.6) is 0 Å². The summed E-state index contributed by atoms with van der Waals surface area (Å²) in [4.78, 5) is 26.9. The number of benzene rings is 1. The lowest BCUT2D eigenvalue weighted by molar-refractivity contribution is 0.0858. The molecule has 0 radical (unpaired) electrons. The molecule has 0 atom stereocenters. The number of hydrogen-bond donors (Lipinski definition) is 2. The Morgan fingerprint density at radius 2 is 2.00 bits per heavy atom. The standard InChI is InChI=1S/C14H19N3O2/c1-8-5-10-11(6-9(8)15)17(13(19)16-10)12(18)7-14(2,3)4/h5-6H,7,15H2,1-4H3,(H,16,19). The van der Waals surface area contributed by atoms with Gasteiger partial charge in [-0.1, -0.05) is 20.8 Å². The molecule has 0 aliphatic heterocycles. The van der Waals surface area contributed by atoms with Crippen LogP contribution in [-0.4, -0.2) is 15.5 Å². The highest BCUT2D eigenvalue weighted by atomic mass is 16.2. The van der Waals surface area contributed by atoms with E-state index in [9.17, 15) is 9.59 Å². The van der Waals surface area contributed by atoms with E-state index in [1.807, 2.05) is 27.7 Å². The third-order valence-electron chi connectivity index (χ3n) is 3.00. The number of anilines is 1. The molecule has 2 rings (SSSR count). The van der Waals surface area contributed by atoms with Crippen LogP contribution in [0.2, 0.25) is 0 Å². The van der Waals surface area contributed by atoms with Crippen molar-refractivity contribution >= 4 is 22.6 Å². The molecule has 0 saturated heterocycles. The van der Waals surface area contributed by atoms with Gasteiger partial charge in [0.05, 0.1) is 11.0 Å². The van der Waals surface area contributed by atoms with E-state index in [0.717, 1.165) is 5.56 Å². The van der Waals surface area contributed by atoms with E-state index >= 15 is 0 Å². The van der Waals surface area contributed by atoms with E-state index in [-0.39, 0.29) is 11.3 Å². The van der Waals surface area contributed by atoms with Crippen LogP contribution in [0.4, 0.5) is 5.69 Å². The molecule has 2 aromatic rings. The van der Waals surface area contributed by atoms with Crippen molar-refractivity contribution in [2.45, 2.75) is 34.1 Å². The molecule has 0 fully saturated rings. The van der Waals surface area contributed by atoms with Crippen molar-refractivity contribution in [3.8, 4) is 0 Å². The zero-order valence-electron chi connectivity index (χ0n) is 11.7. The monoisotopic (exact) mass is 261 g/mol. The molecule has 0 unspecified atom stereocenters. The maximum atomic E-state index is 12.3. The van der Waals surface area contributed by atoms with Gasteiger partial charge in [-0.2, -0.15) is 0 Å². The van der Waals surface area contributed by atoms with Crippen LogP contribution in [0, 0.1) is 12.3 Å². The largest absolute Gasteiger partial charge is 0.398 e. The molecule has 3 N–H and O–H groups in total. The van der Waals surface area contributed by atoms with Gasteiger partial charge in [0.1, 0.15) is 0 Å². The average molecular weight is 261 g/mol. The van der Waals surface area contributed by atoms with E-state index in [1.54, 1.807) is 12.1 Å². The van der Waals surface area contributed by atoms with Crippen molar-refractivity contribution in [2.24, 2.45) is 5.41 Å². The quantitative estimate of drug-likeness (QED) is 0.773. The summed E-state index contributed by atoms with van der Waals surface area (Å²) in [5, 5.41) is 0. The lowest BCUT2D eigenvalue weighted by Crippen LogP contribution is -2.27. The number of hydrogen-bond acceptors (Lipinski definition) is 3. The number of aromatic nitrogens is 2. The SMILES string of the molecule is Cc1cc2[nH]c(=O)n(C(=O)CC(C)(C)C)c2cc1N. The lowest BCUT2D eigenvalue weighted by atomic mass is 9.92. The minimum absolute atomic E-state index is 0.170. The fraction of sp³-hybridized carbons (Fsp3) is 0.429. The Morgan fingerprint density at radius 3 is 2.58 bits per heavy atom. The van der Waals surface area contributed by atoms with Crippen LogP contribution in [0.25, 0.3) is 11.0 Å². The fourth-order valence-electron chi connectivity index (χ4n) is 2.06. The summed E-state index contributed by atoms with van der Waals surface area (Å²) in [5.74, 6) is -0.216. The summed E-state index contributed by atoms with van der Waals surface area (Å²) in [7, 11) is 0. The molecule has 19 heavy (non-hydrogen) atoms. The molecule has 0 amide bonds. The molecule has 1 aromatic heterocycles. The van der Waals surface area contributed by atoms with Gasteiger partial charge in [-0.25, -0.2) is 9.36 Å². The molecule has 0 spiro atoms. The molecule has 0 aliphatic rings. The molecule has 5 nitrogen and oxygen atoms in total. The molecule has 0 aliphatic carbocycles. The molecule has 5 heteroatoms. The van der Waals surface area contributed by atoms with E-state index in [0.29, 0.717) is 23.1 Å². The Morgan fingerprint density at radius 1 is 1.37 bits per heavy atom. The Balaban J connectivity index is 2.61. The third kappa shape index (κ3) is 2.54. The molecule has 1 heterocycles.